The zero-order valence-corrected chi connectivity index (χ0v) is 14.9. The maximum atomic E-state index is 13.1. The minimum atomic E-state index is -1.07. The summed E-state index contributed by atoms with van der Waals surface area (Å²) in [6, 6.07) is 13.8. The number of rotatable bonds is 5. The number of nitrogens with one attached hydrogen (secondary N) is 1. The van der Waals surface area contributed by atoms with Crippen LogP contribution in [0.1, 0.15) is 15.9 Å². The van der Waals surface area contributed by atoms with Gasteiger partial charge in [0.05, 0.1) is 17.8 Å². The fraction of sp³-hybridized carbons (Fsp3) is 0.235. The Kier molecular flexibility index (Phi) is 5.34. The van der Waals surface area contributed by atoms with Crippen molar-refractivity contribution in [3.63, 3.8) is 0 Å². The van der Waals surface area contributed by atoms with Gasteiger partial charge in [0, 0.05) is 19.5 Å². The Morgan fingerprint density at radius 3 is 2.58 bits per heavy atom. The number of carbonyl (C=O) groups excluding carboxylic acids is 1. The molecule has 1 aliphatic rings. The normalized spacial score (nSPS) is 17.1. The third kappa shape index (κ3) is 3.39. The first-order valence-electron chi connectivity index (χ1n) is 7.60. The van der Waals surface area contributed by atoms with Crippen molar-refractivity contribution < 1.29 is 9.18 Å². The van der Waals surface area contributed by atoms with Gasteiger partial charge in [-0.25, -0.2) is 4.39 Å². The lowest BCUT2D eigenvalue weighted by atomic mass is 10.1. The van der Waals surface area contributed by atoms with Crippen LogP contribution in [0.2, 0.25) is 0 Å². The van der Waals surface area contributed by atoms with Crippen LogP contribution < -0.4 is 9.76 Å². The zero-order valence-electron chi connectivity index (χ0n) is 13.2. The maximum absolute atomic E-state index is 13.1. The van der Waals surface area contributed by atoms with E-state index in [4.69, 9.17) is 11.6 Å². The Morgan fingerprint density at radius 2 is 1.88 bits per heavy atom. The van der Waals surface area contributed by atoms with Crippen LogP contribution in [0.15, 0.2) is 48.5 Å². The molecule has 1 atom stereocenters. The Morgan fingerprint density at radius 1 is 1.17 bits per heavy atom. The minimum Gasteiger partial charge on any atom is -0.324 e. The first-order chi connectivity index (χ1) is 11.6. The molecule has 1 aliphatic heterocycles. The van der Waals surface area contributed by atoms with Crippen LogP contribution in [-0.2, 0) is 6.54 Å². The van der Waals surface area contributed by atoms with E-state index >= 15 is 0 Å². The number of benzene rings is 2. The maximum Gasteiger partial charge on any atom is 0.261 e. The van der Waals surface area contributed by atoms with Gasteiger partial charge >= 0.3 is 0 Å². The summed E-state index contributed by atoms with van der Waals surface area (Å²) in [4.78, 5) is 13.0. The number of fused-ring (bicyclic) bond motifs is 1. The Hall–Kier alpha value is -1.68. The second-order valence-corrected chi connectivity index (χ2v) is 7.77. The van der Waals surface area contributed by atoms with Crippen molar-refractivity contribution in [2.24, 2.45) is 0 Å². The van der Waals surface area contributed by atoms with Crippen molar-refractivity contribution in [3.8, 4) is 0 Å². The van der Waals surface area contributed by atoms with E-state index in [1.54, 1.807) is 16.8 Å². The first kappa shape index (κ1) is 17.2. The fourth-order valence-electron chi connectivity index (χ4n) is 2.66. The van der Waals surface area contributed by atoms with Gasteiger partial charge in [-0.05, 0) is 29.8 Å². The number of hydrogen-bond acceptors (Lipinski definition) is 3. The SMILES string of the molecule is CN1c2ccccc2C(=O)N(Cc2ccc(F)cc2)P1NCCCl. The summed E-state index contributed by atoms with van der Waals surface area (Å²) in [6.07, 6.45) is 0. The van der Waals surface area contributed by atoms with Gasteiger partial charge in [0.25, 0.3) is 5.91 Å². The van der Waals surface area contributed by atoms with Crippen molar-refractivity contribution in [3.05, 3.63) is 65.5 Å². The highest BCUT2D eigenvalue weighted by Crippen LogP contribution is 2.49. The molecule has 0 aliphatic carbocycles. The summed E-state index contributed by atoms with van der Waals surface area (Å²) in [5.41, 5.74) is 2.47. The summed E-state index contributed by atoms with van der Waals surface area (Å²) in [5.74, 6) is 0.155. The zero-order chi connectivity index (χ0) is 17.1. The number of amides is 1. The smallest absolute Gasteiger partial charge is 0.261 e. The Bertz CT molecular complexity index is 728. The number of nitrogens with zero attached hydrogens (tertiary/aromatic N) is 2. The van der Waals surface area contributed by atoms with Crippen molar-refractivity contribution in [2.75, 3.05) is 24.1 Å². The first-order valence-corrected chi connectivity index (χ1v) is 9.38. The van der Waals surface area contributed by atoms with E-state index in [1.165, 1.54) is 12.1 Å². The molecule has 1 heterocycles. The largest absolute Gasteiger partial charge is 0.324 e. The molecule has 0 saturated carbocycles. The molecular formula is C17H18ClFN3OP. The third-order valence-corrected chi connectivity index (χ3v) is 6.08. The molecule has 0 radical (unpaired) electrons. The van der Waals surface area contributed by atoms with Crippen molar-refractivity contribution >= 4 is 31.6 Å². The van der Waals surface area contributed by atoms with Crippen LogP contribution >= 0.6 is 20.0 Å². The average Bonchev–Trinajstić information content (AvgIpc) is 2.61. The summed E-state index contributed by atoms with van der Waals surface area (Å²) < 4.78 is 17.0. The molecular weight excluding hydrogens is 348 g/mol. The lowest BCUT2D eigenvalue weighted by molar-refractivity contribution is 0.0854. The molecule has 1 amide bonds. The fourth-order valence-corrected chi connectivity index (χ4v) is 4.86. The van der Waals surface area contributed by atoms with Crippen LogP contribution in [0, 0.1) is 5.82 Å². The van der Waals surface area contributed by atoms with Crippen molar-refractivity contribution in [1.29, 1.82) is 0 Å². The average molecular weight is 366 g/mol. The highest BCUT2D eigenvalue weighted by atomic mass is 35.5. The second kappa shape index (κ2) is 7.47. The number of carbonyl (C=O) groups is 1. The van der Waals surface area contributed by atoms with Gasteiger partial charge in [-0.1, -0.05) is 24.3 Å². The molecule has 4 nitrogen and oxygen atoms in total. The second-order valence-electron chi connectivity index (χ2n) is 5.42. The van der Waals surface area contributed by atoms with E-state index in [0.717, 1.165) is 11.3 Å². The van der Waals surface area contributed by atoms with Crippen LogP contribution in [0.3, 0.4) is 0 Å². The van der Waals surface area contributed by atoms with Crippen LogP contribution in [-0.4, -0.2) is 30.1 Å². The molecule has 7 heteroatoms. The lowest BCUT2D eigenvalue weighted by Gasteiger charge is -2.43. The highest BCUT2D eigenvalue weighted by molar-refractivity contribution is 7.55. The standard InChI is InChI=1S/C17H18ClFN3OP/c1-21-16-5-3-2-4-15(16)17(23)22(24(21)20-11-10-18)12-13-6-8-14(19)9-7-13/h2-9,20H,10-12H2,1H3. The molecule has 24 heavy (non-hydrogen) atoms. The Labute approximate surface area is 147 Å². The molecule has 0 fully saturated rings. The summed E-state index contributed by atoms with van der Waals surface area (Å²) in [6.45, 7) is 1.02. The van der Waals surface area contributed by atoms with Gasteiger partial charge in [0.1, 0.15) is 5.82 Å². The van der Waals surface area contributed by atoms with Crippen LogP contribution in [0.25, 0.3) is 0 Å². The molecule has 0 bridgehead atoms. The monoisotopic (exact) mass is 365 g/mol. The van der Waals surface area contributed by atoms with Crippen LogP contribution in [0.4, 0.5) is 10.1 Å². The molecule has 2 aromatic carbocycles. The predicted octanol–water partition coefficient (Wildman–Crippen LogP) is 3.97. The van der Waals surface area contributed by atoms with E-state index in [-0.39, 0.29) is 11.7 Å². The van der Waals surface area contributed by atoms with E-state index < -0.39 is 8.37 Å². The molecule has 0 saturated heterocycles. The molecule has 0 aromatic heterocycles. The number of para-hydroxylation sites is 1. The summed E-state index contributed by atoms with van der Waals surface area (Å²) >= 11 is 5.81. The number of anilines is 1. The number of hydrogen-bond donors (Lipinski definition) is 1. The van der Waals surface area contributed by atoms with E-state index in [1.807, 2.05) is 31.3 Å². The van der Waals surface area contributed by atoms with E-state index in [0.29, 0.717) is 24.5 Å². The van der Waals surface area contributed by atoms with Crippen LogP contribution in [0.5, 0.6) is 0 Å². The van der Waals surface area contributed by atoms with Gasteiger partial charge in [0.15, 0.2) is 8.37 Å². The molecule has 0 spiro atoms. The molecule has 2 aromatic rings. The minimum absolute atomic E-state index is 0.0267. The quantitative estimate of drug-likeness (QED) is 0.643. The lowest BCUT2D eigenvalue weighted by Crippen LogP contribution is -2.41. The number of halogens is 2. The Balaban J connectivity index is 1.94. The van der Waals surface area contributed by atoms with Gasteiger partial charge in [-0.2, -0.15) is 0 Å². The third-order valence-electron chi connectivity index (χ3n) is 3.82. The van der Waals surface area contributed by atoms with E-state index in [9.17, 15) is 9.18 Å². The number of alkyl halides is 1. The van der Waals surface area contributed by atoms with E-state index in [2.05, 4.69) is 9.76 Å². The highest BCUT2D eigenvalue weighted by Gasteiger charge is 2.36. The van der Waals surface area contributed by atoms with Gasteiger partial charge in [-0.15, -0.1) is 11.6 Å². The van der Waals surface area contributed by atoms with Crippen molar-refractivity contribution in [1.82, 2.24) is 9.76 Å². The predicted molar refractivity (Wildman–Crippen MR) is 96.8 cm³/mol. The molecule has 3 rings (SSSR count). The molecule has 126 valence electrons. The van der Waals surface area contributed by atoms with Gasteiger partial charge in [0.2, 0.25) is 0 Å². The topological polar surface area (TPSA) is 35.6 Å². The summed E-state index contributed by atoms with van der Waals surface area (Å²) in [7, 11) is 0.897. The van der Waals surface area contributed by atoms with Gasteiger partial charge in [-0.3, -0.25) is 14.6 Å². The van der Waals surface area contributed by atoms with Crippen molar-refractivity contribution in [2.45, 2.75) is 6.54 Å². The molecule has 1 N–H and O–H groups in total. The molecule has 1 unspecified atom stereocenters. The van der Waals surface area contributed by atoms with Gasteiger partial charge < -0.3 is 4.67 Å². The summed E-state index contributed by atoms with van der Waals surface area (Å²) in [5, 5.41) is 3.36.